The predicted molar refractivity (Wildman–Crippen MR) is 60.9 cm³/mol. The average Bonchev–Trinajstić information content (AvgIpc) is 2.68. The zero-order valence-electron chi connectivity index (χ0n) is 9.08. The monoisotopic (exact) mass is 247 g/mol. The van der Waals surface area contributed by atoms with Crippen LogP contribution in [0.5, 0.6) is 17.5 Å². The van der Waals surface area contributed by atoms with Crippen molar-refractivity contribution in [3.8, 4) is 17.5 Å². The fourth-order valence-corrected chi connectivity index (χ4v) is 1.35. The van der Waals surface area contributed by atoms with Gasteiger partial charge in [-0.25, -0.2) is 4.79 Å². The van der Waals surface area contributed by atoms with Crippen LogP contribution in [0.1, 0.15) is 20.7 Å². The van der Waals surface area contributed by atoms with Crippen LogP contribution in [0.3, 0.4) is 0 Å². The second kappa shape index (κ2) is 4.62. The van der Waals surface area contributed by atoms with Gasteiger partial charge in [0.1, 0.15) is 6.29 Å². The molecule has 92 valence electrons. The van der Waals surface area contributed by atoms with E-state index in [1.54, 1.807) is 0 Å². The molecule has 0 aliphatic heterocycles. The number of hydrogen-bond donors (Lipinski definition) is 3. The van der Waals surface area contributed by atoms with Crippen LogP contribution in [0.2, 0.25) is 0 Å². The summed E-state index contributed by atoms with van der Waals surface area (Å²) in [5.74, 6) is -1.63. The van der Waals surface area contributed by atoms with Gasteiger partial charge in [-0.15, -0.1) is 0 Å². The van der Waals surface area contributed by atoms with E-state index in [0.29, 0.717) is 11.8 Å². The number of aromatic hydroxyl groups is 2. The molecule has 6 heteroatoms. The molecule has 2 aromatic rings. The Morgan fingerprint density at radius 1 is 1.22 bits per heavy atom. The minimum Gasteiger partial charge on any atom is -0.494 e. The summed E-state index contributed by atoms with van der Waals surface area (Å²) < 4.78 is 4.86. The number of esters is 1. The molecule has 2 rings (SSSR count). The number of rotatable bonds is 3. The van der Waals surface area contributed by atoms with Gasteiger partial charge in [0.05, 0.1) is 5.56 Å². The number of benzene rings is 1. The zero-order chi connectivity index (χ0) is 13.1. The fourth-order valence-electron chi connectivity index (χ4n) is 1.35. The molecule has 0 unspecified atom stereocenters. The highest BCUT2D eigenvalue weighted by Crippen LogP contribution is 2.30. The number of H-pyrrole nitrogens is 1. The van der Waals surface area contributed by atoms with Crippen LogP contribution in [0.15, 0.2) is 30.3 Å². The van der Waals surface area contributed by atoms with Crippen molar-refractivity contribution in [2.45, 2.75) is 0 Å². The van der Waals surface area contributed by atoms with Gasteiger partial charge in [-0.05, 0) is 12.1 Å². The molecule has 18 heavy (non-hydrogen) atoms. The highest BCUT2D eigenvalue weighted by atomic mass is 16.5. The number of carbonyl (C=O) groups excluding carboxylic acids is 2. The molecule has 0 amide bonds. The second-order valence-electron chi connectivity index (χ2n) is 3.50. The summed E-state index contributed by atoms with van der Waals surface area (Å²) in [4.78, 5) is 24.3. The van der Waals surface area contributed by atoms with E-state index in [4.69, 9.17) is 9.84 Å². The molecular weight excluding hydrogens is 238 g/mol. The van der Waals surface area contributed by atoms with Gasteiger partial charge in [-0.1, -0.05) is 12.1 Å². The van der Waals surface area contributed by atoms with Crippen molar-refractivity contribution in [1.29, 1.82) is 0 Å². The Bertz CT molecular complexity index is 585. The summed E-state index contributed by atoms with van der Waals surface area (Å²) in [5.41, 5.74) is 0.661. The van der Waals surface area contributed by atoms with E-state index in [1.807, 2.05) is 0 Å². The van der Waals surface area contributed by atoms with E-state index in [-0.39, 0.29) is 17.2 Å². The lowest BCUT2D eigenvalue weighted by atomic mass is 10.1. The van der Waals surface area contributed by atoms with Gasteiger partial charge in [0, 0.05) is 11.6 Å². The highest BCUT2D eigenvalue weighted by molar-refractivity contribution is 5.92. The first kappa shape index (κ1) is 11.7. The molecule has 0 saturated heterocycles. The van der Waals surface area contributed by atoms with Crippen LogP contribution in [-0.4, -0.2) is 27.5 Å². The first-order valence-corrected chi connectivity index (χ1v) is 4.98. The van der Waals surface area contributed by atoms with Crippen LogP contribution in [-0.2, 0) is 0 Å². The normalized spacial score (nSPS) is 10.0. The van der Waals surface area contributed by atoms with E-state index in [2.05, 4.69) is 4.98 Å². The van der Waals surface area contributed by atoms with Crippen LogP contribution in [0.25, 0.3) is 0 Å². The molecule has 0 spiro atoms. The maximum Gasteiger partial charge on any atom is 0.343 e. The van der Waals surface area contributed by atoms with Crippen LogP contribution >= 0.6 is 0 Å². The van der Waals surface area contributed by atoms with Gasteiger partial charge in [0.15, 0.2) is 11.6 Å². The molecule has 3 N–H and O–H groups in total. The maximum absolute atomic E-state index is 11.7. The summed E-state index contributed by atoms with van der Waals surface area (Å²) in [7, 11) is 0. The third-order valence-corrected chi connectivity index (χ3v) is 2.23. The number of aldehydes is 1. The number of nitrogens with one attached hydrogen (secondary N) is 1. The summed E-state index contributed by atoms with van der Waals surface area (Å²) in [6, 6.07) is 6.87. The Kier molecular flexibility index (Phi) is 3.01. The predicted octanol–water partition coefficient (Wildman–Crippen LogP) is 1.46. The SMILES string of the molecule is O=Cc1ccc(C(=O)Oc2cc(O)[nH]c2O)cc1. The Hall–Kier alpha value is -2.76. The lowest BCUT2D eigenvalue weighted by Gasteiger charge is -2.02. The molecule has 6 nitrogen and oxygen atoms in total. The molecule has 0 aliphatic rings. The number of ether oxygens (including phenoxy) is 1. The quantitative estimate of drug-likeness (QED) is 0.563. The molecule has 0 aliphatic carbocycles. The summed E-state index contributed by atoms with van der Waals surface area (Å²) >= 11 is 0. The molecule has 1 aromatic carbocycles. The van der Waals surface area contributed by atoms with E-state index < -0.39 is 11.8 Å². The summed E-state index contributed by atoms with van der Waals surface area (Å²) in [6.45, 7) is 0. The topological polar surface area (TPSA) is 99.6 Å². The van der Waals surface area contributed by atoms with Crippen molar-refractivity contribution >= 4 is 12.3 Å². The van der Waals surface area contributed by atoms with E-state index in [9.17, 15) is 14.7 Å². The number of hydrogen-bond acceptors (Lipinski definition) is 5. The third-order valence-electron chi connectivity index (χ3n) is 2.23. The minimum absolute atomic E-state index is 0.169. The van der Waals surface area contributed by atoms with Crippen molar-refractivity contribution in [3.05, 3.63) is 41.5 Å². The highest BCUT2D eigenvalue weighted by Gasteiger charge is 2.14. The lowest BCUT2D eigenvalue weighted by Crippen LogP contribution is -2.08. The average molecular weight is 247 g/mol. The van der Waals surface area contributed by atoms with Gasteiger partial charge in [0.25, 0.3) is 0 Å². The third kappa shape index (κ3) is 2.32. The molecule has 0 bridgehead atoms. The van der Waals surface area contributed by atoms with E-state index in [0.717, 1.165) is 6.07 Å². The van der Waals surface area contributed by atoms with E-state index >= 15 is 0 Å². The van der Waals surface area contributed by atoms with Gasteiger partial charge in [-0.2, -0.15) is 0 Å². The van der Waals surface area contributed by atoms with Crippen molar-refractivity contribution < 1.29 is 24.5 Å². The number of carbonyl (C=O) groups is 2. The maximum atomic E-state index is 11.7. The number of aromatic nitrogens is 1. The minimum atomic E-state index is -0.707. The molecule has 0 fully saturated rings. The van der Waals surface area contributed by atoms with Gasteiger partial charge >= 0.3 is 5.97 Å². The largest absolute Gasteiger partial charge is 0.494 e. The first-order valence-electron chi connectivity index (χ1n) is 4.98. The van der Waals surface area contributed by atoms with Crippen LogP contribution < -0.4 is 4.74 Å². The van der Waals surface area contributed by atoms with Crippen molar-refractivity contribution in [2.75, 3.05) is 0 Å². The van der Waals surface area contributed by atoms with Gasteiger partial charge in [-0.3, -0.25) is 9.78 Å². The van der Waals surface area contributed by atoms with Gasteiger partial charge in [0.2, 0.25) is 5.88 Å². The standard InChI is InChI=1S/C12H9NO5/c14-6-7-1-3-8(4-2-7)12(17)18-9-5-10(15)13-11(9)16/h1-6,13,15-16H. The first-order chi connectivity index (χ1) is 8.60. The van der Waals surface area contributed by atoms with Crippen LogP contribution in [0, 0.1) is 0 Å². The van der Waals surface area contributed by atoms with Gasteiger partial charge < -0.3 is 14.9 Å². The number of aromatic amines is 1. The smallest absolute Gasteiger partial charge is 0.343 e. The van der Waals surface area contributed by atoms with Crippen molar-refractivity contribution in [3.63, 3.8) is 0 Å². The van der Waals surface area contributed by atoms with Crippen molar-refractivity contribution in [2.24, 2.45) is 0 Å². The molecule has 0 saturated carbocycles. The zero-order valence-corrected chi connectivity index (χ0v) is 9.08. The molecule has 0 atom stereocenters. The molecule has 1 aromatic heterocycles. The fraction of sp³-hybridized carbons (Fsp3) is 0. The Balaban J connectivity index is 2.16. The second-order valence-corrected chi connectivity index (χ2v) is 3.50. The Labute approximate surface area is 101 Å². The van der Waals surface area contributed by atoms with Crippen LogP contribution in [0.4, 0.5) is 0 Å². The Morgan fingerprint density at radius 3 is 2.39 bits per heavy atom. The summed E-state index contributed by atoms with van der Waals surface area (Å²) in [5, 5.41) is 18.3. The Morgan fingerprint density at radius 2 is 1.89 bits per heavy atom. The summed E-state index contributed by atoms with van der Waals surface area (Å²) in [6.07, 6.45) is 0.658. The lowest BCUT2D eigenvalue weighted by molar-refractivity contribution is 0.0729. The van der Waals surface area contributed by atoms with E-state index in [1.165, 1.54) is 24.3 Å². The van der Waals surface area contributed by atoms with Crippen molar-refractivity contribution in [1.82, 2.24) is 4.98 Å². The molecule has 1 heterocycles. The molecular formula is C12H9NO5. The molecule has 0 radical (unpaired) electrons.